The van der Waals surface area contributed by atoms with Gasteiger partial charge in [-0.25, -0.2) is 4.68 Å². The number of ketones is 1. The van der Waals surface area contributed by atoms with Crippen LogP contribution in [0.5, 0.6) is 0 Å². The summed E-state index contributed by atoms with van der Waals surface area (Å²) in [7, 11) is 0. The fourth-order valence-corrected chi connectivity index (χ4v) is 2.65. The Morgan fingerprint density at radius 2 is 2.10 bits per heavy atom. The van der Waals surface area contributed by atoms with E-state index in [0.717, 1.165) is 25.7 Å². The van der Waals surface area contributed by atoms with Crippen LogP contribution in [-0.2, 0) is 17.8 Å². The van der Waals surface area contributed by atoms with Gasteiger partial charge in [-0.05, 0) is 26.7 Å². The Morgan fingerprint density at radius 1 is 1.45 bits per heavy atom. The van der Waals surface area contributed by atoms with Crippen molar-refractivity contribution in [3.8, 4) is 0 Å². The molecule has 2 N–H and O–H groups in total. The molecule has 1 unspecified atom stereocenters. The Balaban J connectivity index is 2.00. The predicted octanol–water partition coefficient (Wildman–Crippen LogP) is 0.856. The third-order valence-electron chi connectivity index (χ3n) is 4.11. The zero-order valence-electron chi connectivity index (χ0n) is 12.2. The van der Waals surface area contributed by atoms with Gasteiger partial charge in [-0.2, -0.15) is 0 Å². The lowest BCUT2D eigenvalue weighted by Crippen LogP contribution is -2.38. The lowest BCUT2D eigenvalue weighted by Gasteiger charge is -2.31. The molecule has 0 aliphatic heterocycles. The van der Waals surface area contributed by atoms with Gasteiger partial charge in [-0.1, -0.05) is 24.5 Å². The van der Waals surface area contributed by atoms with Crippen molar-refractivity contribution in [3.05, 3.63) is 11.9 Å². The smallest absolute Gasteiger partial charge is 0.162 e. The van der Waals surface area contributed by atoms with Gasteiger partial charge in [-0.15, -0.1) is 5.10 Å². The molecule has 0 bridgehead atoms. The molecule has 1 heterocycles. The Kier molecular flexibility index (Phi) is 4.25. The summed E-state index contributed by atoms with van der Waals surface area (Å²) in [5, 5.41) is 28.4. The standard InChI is InChI=1S/C14H23N3O3/c1-11(18)13(2,19)10-17-9-12(15-16-17)8-14(20)6-4-3-5-7-14/h9,19-20H,3-8,10H2,1-2H3. The molecule has 2 rings (SSSR count). The first-order valence-electron chi connectivity index (χ1n) is 7.16. The number of aliphatic hydroxyl groups is 2. The van der Waals surface area contributed by atoms with E-state index in [9.17, 15) is 15.0 Å². The van der Waals surface area contributed by atoms with Crippen molar-refractivity contribution in [2.45, 2.75) is 70.1 Å². The zero-order chi connectivity index (χ0) is 14.8. The Hall–Kier alpha value is -1.27. The number of hydrogen-bond acceptors (Lipinski definition) is 5. The van der Waals surface area contributed by atoms with Gasteiger partial charge in [0.15, 0.2) is 5.78 Å². The summed E-state index contributed by atoms with van der Waals surface area (Å²) in [5.41, 5.74) is -1.41. The molecule has 0 spiro atoms. The third kappa shape index (κ3) is 3.64. The molecule has 112 valence electrons. The second-order valence-corrected chi connectivity index (χ2v) is 6.20. The summed E-state index contributed by atoms with van der Waals surface area (Å²) in [6.07, 6.45) is 7.04. The summed E-state index contributed by atoms with van der Waals surface area (Å²) in [6.45, 7) is 2.89. The van der Waals surface area contributed by atoms with Crippen LogP contribution in [0.4, 0.5) is 0 Å². The van der Waals surface area contributed by atoms with E-state index in [-0.39, 0.29) is 12.3 Å². The van der Waals surface area contributed by atoms with Gasteiger partial charge in [-0.3, -0.25) is 4.79 Å². The van der Waals surface area contributed by atoms with Crippen molar-refractivity contribution in [2.75, 3.05) is 0 Å². The fraction of sp³-hybridized carbons (Fsp3) is 0.786. The number of nitrogens with zero attached hydrogens (tertiary/aromatic N) is 3. The van der Waals surface area contributed by atoms with Crippen molar-refractivity contribution in [3.63, 3.8) is 0 Å². The van der Waals surface area contributed by atoms with E-state index in [4.69, 9.17) is 0 Å². The maximum absolute atomic E-state index is 11.3. The summed E-state index contributed by atoms with van der Waals surface area (Å²) in [5.74, 6) is -0.305. The Bertz CT molecular complexity index is 476. The van der Waals surface area contributed by atoms with Crippen molar-refractivity contribution in [1.82, 2.24) is 15.0 Å². The predicted molar refractivity (Wildman–Crippen MR) is 73.1 cm³/mol. The van der Waals surface area contributed by atoms with E-state index >= 15 is 0 Å². The van der Waals surface area contributed by atoms with Gasteiger partial charge in [0.25, 0.3) is 0 Å². The molecule has 6 heteroatoms. The zero-order valence-corrected chi connectivity index (χ0v) is 12.2. The number of carbonyl (C=O) groups is 1. The van der Waals surface area contributed by atoms with Crippen LogP contribution in [0.3, 0.4) is 0 Å². The minimum Gasteiger partial charge on any atom is -0.389 e. The first-order valence-corrected chi connectivity index (χ1v) is 7.16. The number of aromatic nitrogens is 3. The highest BCUT2D eigenvalue weighted by Gasteiger charge is 2.31. The van der Waals surface area contributed by atoms with Crippen LogP contribution in [0.15, 0.2) is 6.20 Å². The molecule has 20 heavy (non-hydrogen) atoms. The highest BCUT2D eigenvalue weighted by molar-refractivity contribution is 5.83. The molecule has 1 atom stereocenters. The summed E-state index contributed by atoms with van der Waals surface area (Å²) >= 11 is 0. The number of carbonyl (C=O) groups excluding carboxylic acids is 1. The molecule has 0 amide bonds. The van der Waals surface area contributed by atoms with Crippen LogP contribution in [0, 0.1) is 0 Å². The SMILES string of the molecule is CC(=O)C(C)(O)Cn1cc(CC2(O)CCCCC2)nn1. The molecule has 1 aliphatic rings. The summed E-state index contributed by atoms with van der Waals surface area (Å²) in [6, 6.07) is 0. The third-order valence-corrected chi connectivity index (χ3v) is 4.11. The second-order valence-electron chi connectivity index (χ2n) is 6.20. The topological polar surface area (TPSA) is 88.2 Å². The van der Waals surface area contributed by atoms with Crippen LogP contribution < -0.4 is 0 Å². The van der Waals surface area contributed by atoms with E-state index in [1.54, 1.807) is 6.20 Å². The average Bonchev–Trinajstić information content (AvgIpc) is 2.75. The van der Waals surface area contributed by atoms with Gasteiger partial charge in [0.1, 0.15) is 5.60 Å². The van der Waals surface area contributed by atoms with Crippen LogP contribution in [0.2, 0.25) is 0 Å². The van der Waals surface area contributed by atoms with E-state index < -0.39 is 11.2 Å². The number of hydrogen-bond donors (Lipinski definition) is 2. The van der Waals surface area contributed by atoms with Gasteiger partial charge in [0.05, 0.1) is 17.8 Å². The molecule has 0 aromatic carbocycles. The van der Waals surface area contributed by atoms with E-state index in [2.05, 4.69) is 10.3 Å². The van der Waals surface area contributed by atoms with Crippen LogP contribution in [-0.4, -0.2) is 42.2 Å². The molecule has 1 aromatic heterocycles. The van der Waals surface area contributed by atoms with Crippen LogP contribution >= 0.6 is 0 Å². The lowest BCUT2D eigenvalue weighted by molar-refractivity contribution is -0.134. The summed E-state index contributed by atoms with van der Waals surface area (Å²) < 4.78 is 1.46. The van der Waals surface area contributed by atoms with Crippen molar-refractivity contribution in [2.24, 2.45) is 0 Å². The molecular formula is C14H23N3O3. The monoisotopic (exact) mass is 281 g/mol. The molecule has 1 aromatic rings. The molecule has 1 aliphatic carbocycles. The molecule has 0 saturated heterocycles. The maximum Gasteiger partial charge on any atom is 0.162 e. The van der Waals surface area contributed by atoms with Gasteiger partial charge < -0.3 is 10.2 Å². The van der Waals surface area contributed by atoms with E-state index in [1.807, 2.05) is 0 Å². The van der Waals surface area contributed by atoms with E-state index in [1.165, 1.54) is 25.0 Å². The summed E-state index contributed by atoms with van der Waals surface area (Å²) in [4.78, 5) is 11.3. The normalized spacial score (nSPS) is 21.4. The maximum atomic E-state index is 11.3. The molecule has 1 fully saturated rings. The van der Waals surface area contributed by atoms with Crippen LogP contribution in [0.1, 0.15) is 51.6 Å². The first-order chi connectivity index (χ1) is 9.31. The Labute approximate surface area is 118 Å². The molecule has 1 saturated carbocycles. The van der Waals surface area contributed by atoms with E-state index in [0.29, 0.717) is 12.1 Å². The van der Waals surface area contributed by atoms with Crippen molar-refractivity contribution >= 4 is 5.78 Å². The average molecular weight is 281 g/mol. The minimum atomic E-state index is -1.44. The van der Waals surface area contributed by atoms with Crippen molar-refractivity contribution < 1.29 is 15.0 Å². The second kappa shape index (κ2) is 5.61. The van der Waals surface area contributed by atoms with Gasteiger partial charge in [0, 0.05) is 12.6 Å². The number of rotatable bonds is 5. The van der Waals surface area contributed by atoms with Gasteiger partial charge >= 0.3 is 0 Å². The van der Waals surface area contributed by atoms with Gasteiger partial charge in [0.2, 0.25) is 0 Å². The largest absolute Gasteiger partial charge is 0.389 e. The highest BCUT2D eigenvalue weighted by Crippen LogP contribution is 2.30. The fourth-order valence-electron chi connectivity index (χ4n) is 2.65. The molecule has 0 radical (unpaired) electrons. The van der Waals surface area contributed by atoms with Crippen LogP contribution in [0.25, 0.3) is 0 Å². The molecular weight excluding hydrogens is 258 g/mol. The Morgan fingerprint density at radius 3 is 2.70 bits per heavy atom. The minimum absolute atomic E-state index is 0.0771. The quantitative estimate of drug-likeness (QED) is 0.835. The first kappa shape index (κ1) is 15.1. The highest BCUT2D eigenvalue weighted by atomic mass is 16.3. The molecule has 6 nitrogen and oxygen atoms in total. The lowest BCUT2D eigenvalue weighted by atomic mass is 9.82. The number of Topliss-reactive ketones (excluding diaryl/α,β-unsaturated/α-hetero) is 1. The van der Waals surface area contributed by atoms with Crippen molar-refractivity contribution in [1.29, 1.82) is 0 Å².